The third-order valence-corrected chi connectivity index (χ3v) is 6.28. The van der Waals surface area contributed by atoms with Crippen molar-refractivity contribution in [2.45, 2.75) is 55.3 Å². The van der Waals surface area contributed by atoms with Gasteiger partial charge in [0.05, 0.1) is 6.07 Å². The highest BCUT2D eigenvalue weighted by Crippen LogP contribution is 2.51. The first-order chi connectivity index (χ1) is 12.7. The second-order valence-corrected chi connectivity index (χ2v) is 8.72. The first-order valence-electron chi connectivity index (χ1n) is 8.33. The van der Waals surface area contributed by atoms with Gasteiger partial charge in [0.2, 0.25) is 23.6 Å². The van der Waals surface area contributed by atoms with E-state index in [2.05, 4.69) is 5.32 Å². The van der Waals surface area contributed by atoms with Crippen LogP contribution in [-0.2, 0) is 28.7 Å². The zero-order valence-electron chi connectivity index (χ0n) is 14.8. The van der Waals surface area contributed by atoms with Gasteiger partial charge in [-0.1, -0.05) is 0 Å². The van der Waals surface area contributed by atoms with Crippen molar-refractivity contribution in [2.24, 2.45) is 0 Å². The van der Waals surface area contributed by atoms with Crippen LogP contribution in [0, 0.1) is 11.3 Å². The van der Waals surface area contributed by atoms with Crippen molar-refractivity contribution in [3.05, 3.63) is 0 Å². The molecule has 3 fully saturated rings. The number of ether oxygens (including phenoxy) is 1. The molecule has 3 rings (SSSR count). The summed E-state index contributed by atoms with van der Waals surface area (Å²) < 4.78 is 4.46. The van der Waals surface area contributed by atoms with E-state index >= 15 is 0 Å². The van der Waals surface area contributed by atoms with Gasteiger partial charge >= 0.3 is 5.97 Å². The molecule has 0 bridgehead atoms. The molecule has 0 aromatic heterocycles. The Balaban J connectivity index is 1.66. The number of nitriles is 1. The number of carbonyl (C=O) groups excluding carboxylic acids is 5. The fourth-order valence-corrected chi connectivity index (χ4v) is 5.02. The average molecular weight is 394 g/mol. The van der Waals surface area contributed by atoms with Crippen LogP contribution in [0.4, 0.5) is 0 Å². The number of imide groups is 1. The molecular weight excluding hydrogens is 376 g/mol. The molecule has 0 aliphatic carbocycles. The molecule has 27 heavy (non-hydrogen) atoms. The minimum Gasteiger partial charge on any atom is -0.442 e. The smallest absolute Gasteiger partial charge is 0.332 e. The Morgan fingerprint density at radius 2 is 1.93 bits per heavy atom. The number of fused-ring (bicyclic) bond motifs is 1. The Hall–Kier alpha value is -2.61. The lowest BCUT2D eigenvalue weighted by atomic mass is 9.96. The average Bonchev–Trinajstić information content (AvgIpc) is 3.05. The number of amides is 4. The Bertz CT molecular complexity index is 759. The van der Waals surface area contributed by atoms with Gasteiger partial charge in [0.1, 0.15) is 23.9 Å². The Kier molecular flexibility index (Phi) is 4.86. The minimum atomic E-state index is -0.906. The van der Waals surface area contributed by atoms with E-state index in [1.165, 1.54) is 16.7 Å². The van der Waals surface area contributed by atoms with Crippen LogP contribution >= 0.6 is 11.8 Å². The molecule has 0 aromatic rings. The summed E-state index contributed by atoms with van der Waals surface area (Å²) in [6.07, 6.45) is -0.163. The second kappa shape index (κ2) is 6.84. The summed E-state index contributed by atoms with van der Waals surface area (Å²) in [5.41, 5.74) is 0. The lowest BCUT2D eigenvalue weighted by Crippen LogP contribution is -2.70. The van der Waals surface area contributed by atoms with Crippen LogP contribution in [0.1, 0.15) is 33.1 Å². The maximum absolute atomic E-state index is 12.6. The zero-order valence-corrected chi connectivity index (χ0v) is 15.6. The minimum absolute atomic E-state index is 0.0952. The molecule has 0 radical (unpaired) electrons. The highest BCUT2D eigenvalue weighted by atomic mass is 32.2. The van der Waals surface area contributed by atoms with Gasteiger partial charge in [-0.3, -0.25) is 19.2 Å². The molecule has 10 nitrogen and oxygen atoms in total. The first kappa shape index (κ1) is 19.2. The van der Waals surface area contributed by atoms with Crippen molar-refractivity contribution in [3.8, 4) is 6.07 Å². The van der Waals surface area contributed by atoms with Crippen LogP contribution in [0.25, 0.3) is 0 Å². The number of hydrogen-bond donors (Lipinski definition) is 1. The lowest BCUT2D eigenvalue weighted by Gasteiger charge is -2.43. The molecule has 3 atom stereocenters. The van der Waals surface area contributed by atoms with Crippen LogP contribution < -0.4 is 5.32 Å². The summed E-state index contributed by atoms with van der Waals surface area (Å²) in [6, 6.07) is 0.00958. The largest absolute Gasteiger partial charge is 0.442 e. The number of hydrogen-bond acceptors (Lipinski definition) is 8. The molecule has 3 aliphatic heterocycles. The van der Waals surface area contributed by atoms with Gasteiger partial charge in [0.25, 0.3) is 0 Å². The van der Waals surface area contributed by atoms with Gasteiger partial charge in [0, 0.05) is 17.6 Å². The maximum atomic E-state index is 12.6. The summed E-state index contributed by atoms with van der Waals surface area (Å²) in [4.78, 5) is 62.1. The number of thioether (sulfide) groups is 1. The molecular formula is C16H18N4O6S. The van der Waals surface area contributed by atoms with Crippen LogP contribution in [0.3, 0.4) is 0 Å². The molecule has 11 heteroatoms. The van der Waals surface area contributed by atoms with E-state index in [0.29, 0.717) is 0 Å². The van der Waals surface area contributed by atoms with Crippen molar-refractivity contribution in [1.29, 1.82) is 5.26 Å². The summed E-state index contributed by atoms with van der Waals surface area (Å²) in [5.74, 6) is -2.49. The van der Waals surface area contributed by atoms with Crippen molar-refractivity contribution in [1.82, 2.24) is 15.1 Å². The molecule has 0 aromatic carbocycles. The fraction of sp³-hybridized carbons (Fsp3) is 0.625. The van der Waals surface area contributed by atoms with Crippen molar-refractivity contribution >= 4 is 41.4 Å². The van der Waals surface area contributed by atoms with E-state index in [1.54, 1.807) is 19.9 Å². The molecule has 3 heterocycles. The Labute approximate surface area is 159 Å². The van der Waals surface area contributed by atoms with Gasteiger partial charge < -0.3 is 15.0 Å². The van der Waals surface area contributed by atoms with Gasteiger partial charge in [0.15, 0.2) is 6.73 Å². The van der Waals surface area contributed by atoms with Crippen molar-refractivity contribution < 1.29 is 28.7 Å². The van der Waals surface area contributed by atoms with Gasteiger partial charge in [-0.05, 0) is 13.8 Å². The Morgan fingerprint density at radius 1 is 1.30 bits per heavy atom. The van der Waals surface area contributed by atoms with Gasteiger partial charge in [-0.2, -0.15) is 5.26 Å². The number of rotatable bonds is 5. The number of carbonyl (C=O) groups is 5. The van der Waals surface area contributed by atoms with Crippen LogP contribution in [0.15, 0.2) is 0 Å². The molecule has 1 unspecified atom stereocenters. The van der Waals surface area contributed by atoms with E-state index in [4.69, 9.17) is 10.00 Å². The van der Waals surface area contributed by atoms with Crippen molar-refractivity contribution in [2.75, 3.05) is 6.73 Å². The van der Waals surface area contributed by atoms with E-state index < -0.39 is 58.5 Å². The van der Waals surface area contributed by atoms with Gasteiger partial charge in [-0.25, -0.2) is 9.69 Å². The highest BCUT2D eigenvalue weighted by molar-refractivity contribution is 8.01. The first-order valence-corrected chi connectivity index (χ1v) is 9.21. The number of nitrogens with zero attached hydrogens (tertiary/aromatic N) is 3. The van der Waals surface area contributed by atoms with E-state index in [-0.39, 0.29) is 19.3 Å². The quantitative estimate of drug-likeness (QED) is 0.360. The highest BCUT2D eigenvalue weighted by Gasteiger charge is 2.64. The number of nitrogens with one attached hydrogen (secondary N) is 1. The molecule has 144 valence electrons. The number of esters is 1. The van der Waals surface area contributed by atoms with Crippen LogP contribution in [0.5, 0.6) is 0 Å². The van der Waals surface area contributed by atoms with E-state index in [9.17, 15) is 24.0 Å². The zero-order chi connectivity index (χ0) is 19.9. The lowest BCUT2D eigenvalue weighted by molar-refractivity contribution is -0.169. The summed E-state index contributed by atoms with van der Waals surface area (Å²) in [7, 11) is 0. The monoisotopic (exact) mass is 394 g/mol. The van der Waals surface area contributed by atoms with E-state index in [0.717, 1.165) is 4.90 Å². The van der Waals surface area contributed by atoms with Crippen LogP contribution in [-0.4, -0.2) is 68.3 Å². The number of likely N-dealkylation sites (tertiary alicyclic amines) is 1. The second-order valence-electron chi connectivity index (χ2n) is 6.95. The summed E-state index contributed by atoms with van der Waals surface area (Å²) in [5, 5.41) is 10.6. The molecule has 3 aliphatic rings. The van der Waals surface area contributed by atoms with E-state index in [1.807, 2.05) is 0 Å². The molecule has 0 spiro atoms. The molecule has 0 saturated carbocycles. The van der Waals surface area contributed by atoms with Crippen molar-refractivity contribution in [3.63, 3.8) is 0 Å². The number of β-lactam (4-membered cyclic amide) rings is 1. The fourth-order valence-electron chi connectivity index (χ4n) is 3.40. The van der Waals surface area contributed by atoms with Crippen LogP contribution in [0.2, 0.25) is 0 Å². The third kappa shape index (κ3) is 3.25. The molecule has 3 saturated heterocycles. The van der Waals surface area contributed by atoms with Gasteiger partial charge in [-0.15, -0.1) is 11.8 Å². The standard InChI is InChI=1S/C16H18N4O6S/c1-16(2)12(15(25)26-7-19-9(22)3-4-10(19)23)20-13(24)11(14(20)27-16)18-8(21)5-6-17/h11-12,14H,3-5,7H2,1-2H3,(H,18,21)/t11?,12-,14+/m0/s1. The topological polar surface area (TPSA) is 137 Å². The predicted molar refractivity (Wildman–Crippen MR) is 90.3 cm³/mol. The molecule has 4 amide bonds. The maximum Gasteiger partial charge on any atom is 0.332 e. The predicted octanol–water partition coefficient (Wildman–Crippen LogP) is -0.903. The third-order valence-electron chi connectivity index (χ3n) is 4.71. The normalized spacial score (nSPS) is 28.5. The summed E-state index contributed by atoms with van der Waals surface area (Å²) >= 11 is 1.34. The molecule has 1 N–H and O–H groups in total. The summed E-state index contributed by atoms with van der Waals surface area (Å²) in [6.45, 7) is 3.08. The Morgan fingerprint density at radius 3 is 2.52 bits per heavy atom. The SMILES string of the molecule is CC1(C)S[C@@H]2C(NC(=O)CC#N)C(=O)N2[C@H]1C(=O)OCN1C(=O)CCC1=O.